The van der Waals surface area contributed by atoms with E-state index in [0.29, 0.717) is 6.42 Å². The maximum atomic E-state index is 13.2. The van der Waals surface area contributed by atoms with E-state index in [9.17, 15) is 61.0 Å². The number of allylic oxidation sites excluding steroid dienone is 5. The molecule has 17 atom stereocenters. The van der Waals surface area contributed by atoms with Gasteiger partial charge in [-0.25, -0.2) is 0 Å². The topological polar surface area (TPSA) is 307 Å². The highest BCUT2D eigenvalue weighted by molar-refractivity contribution is 5.76. The molecule has 19 heteroatoms. The van der Waals surface area contributed by atoms with Crippen molar-refractivity contribution in [2.45, 2.75) is 266 Å². The molecule has 0 spiro atoms. The van der Waals surface area contributed by atoms with E-state index in [2.05, 4.69) is 43.5 Å². The first-order valence-corrected chi connectivity index (χ1v) is 27.2. The molecule has 3 heterocycles. The minimum atomic E-state index is -1.98. The average molecular weight is 1030 g/mol. The third kappa shape index (κ3) is 22.7. The van der Waals surface area contributed by atoms with E-state index in [1.54, 1.807) is 6.08 Å². The van der Waals surface area contributed by atoms with Crippen molar-refractivity contribution in [1.82, 2.24) is 5.32 Å². The van der Waals surface area contributed by atoms with Gasteiger partial charge in [0.1, 0.15) is 73.2 Å². The summed E-state index contributed by atoms with van der Waals surface area (Å²) in [6.45, 7) is 1.64. The standard InChI is InChI=1S/C53H95NO18/c1-3-5-7-9-11-13-15-16-17-18-19-21-23-25-27-29-31-41(59)54-36(37(58)30-28-26-24-22-20-14-12-10-8-6-4-2)35-67-51-47(65)44(62)49(39(33-56)69-51)72-53-48(66)45(63)50(40(34-57)70-53)71-52-46(64)43(61)42(60)38(32-55)68-52/h13,15,17-18,28,30,36-40,42-53,55-58,60-66H,3-12,14,16,19-27,29,31-35H2,1-2H3,(H,54,59)/b15-13-,18-17-,30-28+. The summed E-state index contributed by atoms with van der Waals surface area (Å²) in [6.07, 6.45) is 9.97. The van der Waals surface area contributed by atoms with E-state index in [1.165, 1.54) is 64.2 Å². The normalized spacial score (nSPS) is 32.3. The number of ether oxygens (including phenoxy) is 6. The summed E-state index contributed by atoms with van der Waals surface area (Å²) in [5.41, 5.74) is 0. The van der Waals surface area contributed by atoms with E-state index >= 15 is 0 Å². The summed E-state index contributed by atoms with van der Waals surface area (Å²) >= 11 is 0. The highest BCUT2D eigenvalue weighted by Crippen LogP contribution is 2.33. The number of rotatable bonds is 38. The molecule has 0 aliphatic carbocycles. The zero-order valence-corrected chi connectivity index (χ0v) is 43.1. The molecule has 0 bridgehead atoms. The Morgan fingerprint density at radius 3 is 1.43 bits per heavy atom. The van der Waals surface area contributed by atoms with Gasteiger partial charge in [0.25, 0.3) is 0 Å². The number of aliphatic hydroxyl groups excluding tert-OH is 11. The van der Waals surface area contributed by atoms with Crippen LogP contribution in [0.4, 0.5) is 0 Å². The van der Waals surface area contributed by atoms with Crippen LogP contribution >= 0.6 is 0 Å². The third-order valence-corrected chi connectivity index (χ3v) is 13.7. The molecule has 19 nitrogen and oxygen atoms in total. The van der Waals surface area contributed by atoms with Crippen molar-refractivity contribution in [2.24, 2.45) is 0 Å². The van der Waals surface area contributed by atoms with Gasteiger partial charge in [0, 0.05) is 6.42 Å². The van der Waals surface area contributed by atoms with Gasteiger partial charge in [0.05, 0.1) is 38.6 Å². The van der Waals surface area contributed by atoms with Gasteiger partial charge in [-0.05, 0) is 51.4 Å². The number of aliphatic hydroxyl groups is 11. The van der Waals surface area contributed by atoms with E-state index in [1.807, 2.05) is 6.08 Å². The quantitative estimate of drug-likeness (QED) is 0.0313. The predicted octanol–water partition coefficient (Wildman–Crippen LogP) is 2.98. The van der Waals surface area contributed by atoms with Gasteiger partial charge in [0.15, 0.2) is 18.9 Å². The van der Waals surface area contributed by atoms with Crippen molar-refractivity contribution in [2.75, 3.05) is 26.4 Å². The van der Waals surface area contributed by atoms with Crippen molar-refractivity contribution in [3.8, 4) is 0 Å². The summed E-state index contributed by atoms with van der Waals surface area (Å²) in [5, 5.41) is 120. The summed E-state index contributed by atoms with van der Waals surface area (Å²) < 4.78 is 34.1. The first-order valence-electron chi connectivity index (χ1n) is 27.2. The van der Waals surface area contributed by atoms with E-state index in [-0.39, 0.29) is 18.9 Å². The molecular weight excluding hydrogens is 939 g/mol. The highest BCUT2D eigenvalue weighted by Gasteiger charge is 2.53. The Labute approximate surface area is 428 Å². The zero-order valence-electron chi connectivity index (χ0n) is 43.1. The van der Waals surface area contributed by atoms with Crippen molar-refractivity contribution >= 4 is 5.91 Å². The Bertz CT molecular complexity index is 1470. The zero-order chi connectivity index (χ0) is 52.7. The number of nitrogens with one attached hydrogen (secondary N) is 1. The number of unbranched alkanes of at least 4 members (excludes halogenated alkanes) is 18. The van der Waals surface area contributed by atoms with Crippen molar-refractivity contribution in [3.63, 3.8) is 0 Å². The van der Waals surface area contributed by atoms with Gasteiger partial charge < -0.3 is 89.9 Å². The minimum Gasteiger partial charge on any atom is -0.394 e. The molecule has 3 rings (SSSR count). The van der Waals surface area contributed by atoms with Gasteiger partial charge in [-0.1, -0.05) is 140 Å². The number of hydrogen-bond donors (Lipinski definition) is 12. The van der Waals surface area contributed by atoms with Crippen LogP contribution in [0, 0.1) is 0 Å². The second kappa shape index (κ2) is 37.7. The molecule has 0 aromatic heterocycles. The molecule has 0 radical (unpaired) electrons. The van der Waals surface area contributed by atoms with Crippen molar-refractivity contribution in [3.05, 3.63) is 36.5 Å². The number of carbonyl (C=O) groups excluding carboxylic acids is 1. The number of hydrogen-bond acceptors (Lipinski definition) is 18. The molecule has 72 heavy (non-hydrogen) atoms. The summed E-state index contributed by atoms with van der Waals surface area (Å²) in [5.74, 6) is -0.293. The Kier molecular flexibility index (Phi) is 33.7. The van der Waals surface area contributed by atoms with E-state index < -0.39 is 124 Å². The van der Waals surface area contributed by atoms with Gasteiger partial charge in [0.2, 0.25) is 5.91 Å². The van der Waals surface area contributed by atoms with Crippen LogP contribution in [-0.4, -0.2) is 193 Å². The lowest BCUT2D eigenvalue weighted by molar-refractivity contribution is -0.379. The summed E-state index contributed by atoms with van der Waals surface area (Å²) in [7, 11) is 0. The van der Waals surface area contributed by atoms with Crippen LogP contribution in [0.5, 0.6) is 0 Å². The Balaban J connectivity index is 1.55. The van der Waals surface area contributed by atoms with Gasteiger partial charge >= 0.3 is 0 Å². The molecule has 0 aromatic carbocycles. The number of amides is 1. The average Bonchev–Trinajstić information content (AvgIpc) is 3.37. The molecule has 1 amide bonds. The fraction of sp³-hybridized carbons (Fsp3) is 0.868. The van der Waals surface area contributed by atoms with Crippen LogP contribution in [-0.2, 0) is 33.2 Å². The van der Waals surface area contributed by atoms with Gasteiger partial charge in [-0.15, -0.1) is 0 Å². The molecular formula is C53H95NO18. The van der Waals surface area contributed by atoms with Crippen molar-refractivity contribution in [1.29, 1.82) is 0 Å². The first kappa shape index (κ1) is 64.3. The fourth-order valence-electron chi connectivity index (χ4n) is 9.10. The monoisotopic (exact) mass is 1030 g/mol. The summed E-state index contributed by atoms with van der Waals surface area (Å²) in [6, 6.07) is -0.977. The van der Waals surface area contributed by atoms with E-state index in [4.69, 9.17) is 28.4 Å². The molecule has 17 unspecified atom stereocenters. The van der Waals surface area contributed by atoms with Crippen molar-refractivity contribution < 1.29 is 89.4 Å². The van der Waals surface area contributed by atoms with E-state index in [0.717, 1.165) is 70.6 Å². The second-order valence-electron chi connectivity index (χ2n) is 19.7. The predicted molar refractivity (Wildman–Crippen MR) is 268 cm³/mol. The Morgan fingerprint density at radius 1 is 0.500 bits per heavy atom. The maximum absolute atomic E-state index is 13.2. The van der Waals surface area contributed by atoms with Crippen LogP contribution in [0.15, 0.2) is 36.5 Å². The molecule has 3 aliphatic rings. The van der Waals surface area contributed by atoms with Crippen LogP contribution in [0.3, 0.4) is 0 Å². The smallest absolute Gasteiger partial charge is 0.220 e. The number of carbonyl (C=O) groups is 1. The summed E-state index contributed by atoms with van der Waals surface area (Å²) in [4.78, 5) is 13.2. The lowest BCUT2D eigenvalue weighted by atomic mass is 9.96. The minimum absolute atomic E-state index is 0.227. The fourth-order valence-corrected chi connectivity index (χ4v) is 9.10. The first-order chi connectivity index (χ1) is 34.8. The third-order valence-electron chi connectivity index (χ3n) is 13.7. The molecule has 0 saturated carbocycles. The lowest BCUT2D eigenvalue weighted by Gasteiger charge is -2.48. The van der Waals surface area contributed by atoms with Crippen LogP contribution < -0.4 is 5.32 Å². The lowest BCUT2D eigenvalue weighted by Crippen LogP contribution is -2.66. The highest BCUT2D eigenvalue weighted by atomic mass is 16.8. The Morgan fingerprint density at radius 2 is 0.917 bits per heavy atom. The molecule has 12 N–H and O–H groups in total. The largest absolute Gasteiger partial charge is 0.394 e. The SMILES string of the molecule is CCCCCC/C=C\C/C=C\CCCCCCCC(=O)NC(COC1OC(CO)C(OC2OC(CO)C(OC3OC(CO)C(O)C(O)C3O)C(O)C2O)C(O)C1O)C(O)/C=C/CCCCCCCCCCC. The Hall–Kier alpha value is -1.99. The molecule has 3 aliphatic heterocycles. The molecule has 420 valence electrons. The molecule has 0 aromatic rings. The maximum Gasteiger partial charge on any atom is 0.220 e. The van der Waals surface area contributed by atoms with Gasteiger partial charge in [-0.2, -0.15) is 0 Å². The van der Waals surface area contributed by atoms with Gasteiger partial charge in [-0.3, -0.25) is 4.79 Å². The molecule has 3 fully saturated rings. The van der Waals surface area contributed by atoms with Crippen LogP contribution in [0.1, 0.15) is 162 Å². The van der Waals surface area contributed by atoms with Crippen LogP contribution in [0.25, 0.3) is 0 Å². The van der Waals surface area contributed by atoms with Crippen LogP contribution in [0.2, 0.25) is 0 Å². The second-order valence-corrected chi connectivity index (χ2v) is 19.7. The molecule has 3 saturated heterocycles.